The van der Waals surface area contributed by atoms with E-state index in [1.807, 2.05) is 13.8 Å². The van der Waals surface area contributed by atoms with E-state index in [9.17, 15) is 8.78 Å². The van der Waals surface area contributed by atoms with Gasteiger partial charge in [-0.1, -0.05) is 18.2 Å². The first-order valence-corrected chi connectivity index (χ1v) is 9.79. The molecular weight excluding hydrogens is 384 g/mol. The van der Waals surface area contributed by atoms with Gasteiger partial charge in [-0.25, -0.2) is 18.7 Å². The minimum atomic E-state index is -0.347. The SMILES string of the molecule is Cc1nc(NCCc2c(C)[nH]c3c(F)ccc(C)c23)cc(Nc2ccccc2F)n1. The standard InChI is InChI=1S/C23H23F2N5/c1-13-8-9-18(25)23-22(13)16(14(2)27-23)10-11-26-20-12-21(29-15(3)28-20)30-19-7-5-4-6-17(19)24/h4-9,12,27H,10-11H2,1-3H3,(H2,26,28,29,30). The van der Waals surface area contributed by atoms with Crippen molar-refractivity contribution >= 4 is 28.2 Å². The van der Waals surface area contributed by atoms with E-state index in [1.165, 1.54) is 12.1 Å². The minimum absolute atomic E-state index is 0.242. The number of hydrogen-bond donors (Lipinski definition) is 3. The molecule has 0 unspecified atom stereocenters. The Morgan fingerprint density at radius 2 is 1.70 bits per heavy atom. The van der Waals surface area contributed by atoms with E-state index in [0.717, 1.165) is 22.2 Å². The Kier molecular flexibility index (Phi) is 5.35. The van der Waals surface area contributed by atoms with Crippen LogP contribution in [-0.4, -0.2) is 21.5 Å². The molecule has 0 aliphatic heterocycles. The van der Waals surface area contributed by atoms with Crippen LogP contribution in [-0.2, 0) is 6.42 Å². The zero-order valence-electron chi connectivity index (χ0n) is 17.1. The number of halogens is 2. The number of para-hydroxylation sites is 1. The van der Waals surface area contributed by atoms with Gasteiger partial charge in [0.2, 0.25) is 0 Å². The van der Waals surface area contributed by atoms with Crippen molar-refractivity contribution in [3.63, 3.8) is 0 Å². The van der Waals surface area contributed by atoms with Crippen LogP contribution < -0.4 is 10.6 Å². The lowest BCUT2D eigenvalue weighted by molar-refractivity contribution is 0.631. The minimum Gasteiger partial charge on any atom is -0.370 e. The molecule has 0 amide bonds. The number of H-pyrrole nitrogens is 1. The van der Waals surface area contributed by atoms with Crippen LogP contribution in [0, 0.1) is 32.4 Å². The summed E-state index contributed by atoms with van der Waals surface area (Å²) in [7, 11) is 0. The third-order valence-corrected chi connectivity index (χ3v) is 5.09. The van der Waals surface area contributed by atoms with Gasteiger partial charge in [0.25, 0.3) is 0 Å². The first-order chi connectivity index (χ1) is 14.4. The quantitative estimate of drug-likeness (QED) is 0.392. The zero-order chi connectivity index (χ0) is 21.3. The van der Waals surface area contributed by atoms with Crippen LogP contribution in [0.3, 0.4) is 0 Å². The van der Waals surface area contributed by atoms with Crippen molar-refractivity contribution in [2.24, 2.45) is 0 Å². The molecule has 0 fully saturated rings. The summed E-state index contributed by atoms with van der Waals surface area (Å²) in [5, 5.41) is 7.23. The number of nitrogens with one attached hydrogen (secondary N) is 3. The van der Waals surface area contributed by atoms with Crippen LogP contribution >= 0.6 is 0 Å². The molecule has 7 heteroatoms. The zero-order valence-corrected chi connectivity index (χ0v) is 17.1. The fourth-order valence-corrected chi connectivity index (χ4v) is 3.69. The largest absolute Gasteiger partial charge is 0.370 e. The van der Waals surface area contributed by atoms with Crippen molar-refractivity contribution in [1.82, 2.24) is 15.0 Å². The molecule has 4 rings (SSSR count). The summed E-state index contributed by atoms with van der Waals surface area (Å²) in [5.74, 6) is 1.13. The van der Waals surface area contributed by atoms with E-state index >= 15 is 0 Å². The maximum Gasteiger partial charge on any atom is 0.147 e. The molecule has 0 spiro atoms. The van der Waals surface area contributed by atoms with Gasteiger partial charge in [-0.15, -0.1) is 0 Å². The van der Waals surface area contributed by atoms with Crippen molar-refractivity contribution in [3.05, 3.63) is 76.7 Å². The molecule has 3 N–H and O–H groups in total. The smallest absolute Gasteiger partial charge is 0.147 e. The number of aryl methyl sites for hydroxylation is 3. The van der Waals surface area contributed by atoms with Crippen LogP contribution in [0.4, 0.5) is 26.1 Å². The van der Waals surface area contributed by atoms with Crippen LogP contribution in [0.25, 0.3) is 10.9 Å². The molecule has 2 aromatic heterocycles. The van der Waals surface area contributed by atoms with Crippen molar-refractivity contribution in [2.75, 3.05) is 17.2 Å². The number of benzene rings is 2. The Balaban J connectivity index is 1.51. The van der Waals surface area contributed by atoms with E-state index in [4.69, 9.17) is 0 Å². The second-order valence-corrected chi connectivity index (χ2v) is 7.31. The van der Waals surface area contributed by atoms with Gasteiger partial charge in [0.15, 0.2) is 0 Å². The highest BCUT2D eigenvalue weighted by molar-refractivity contribution is 5.88. The summed E-state index contributed by atoms with van der Waals surface area (Å²) in [6, 6.07) is 11.5. The maximum absolute atomic E-state index is 14.1. The van der Waals surface area contributed by atoms with Crippen molar-refractivity contribution in [3.8, 4) is 0 Å². The predicted molar refractivity (Wildman–Crippen MR) is 116 cm³/mol. The van der Waals surface area contributed by atoms with Crippen molar-refractivity contribution in [2.45, 2.75) is 27.2 Å². The Morgan fingerprint density at radius 1 is 0.933 bits per heavy atom. The van der Waals surface area contributed by atoms with Crippen LogP contribution in [0.1, 0.15) is 22.6 Å². The molecule has 0 aliphatic rings. The second-order valence-electron chi connectivity index (χ2n) is 7.31. The average molecular weight is 407 g/mol. The first-order valence-electron chi connectivity index (χ1n) is 9.79. The van der Waals surface area contributed by atoms with Gasteiger partial charge >= 0.3 is 0 Å². The molecule has 154 valence electrons. The molecule has 0 atom stereocenters. The molecule has 0 radical (unpaired) electrons. The number of aromatic nitrogens is 3. The summed E-state index contributed by atoms with van der Waals surface area (Å²) >= 11 is 0. The summed E-state index contributed by atoms with van der Waals surface area (Å²) in [4.78, 5) is 11.9. The van der Waals surface area contributed by atoms with Crippen LogP contribution in [0.15, 0.2) is 42.5 Å². The summed E-state index contributed by atoms with van der Waals surface area (Å²) in [6.45, 7) is 6.34. The van der Waals surface area contributed by atoms with Crippen LogP contribution in [0.5, 0.6) is 0 Å². The summed E-state index contributed by atoms with van der Waals surface area (Å²) in [5.41, 5.74) is 4.00. The first kappa shape index (κ1) is 19.8. The summed E-state index contributed by atoms with van der Waals surface area (Å²) in [6.07, 6.45) is 0.704. The molecule has 0 bridgehead atoms. The molecule has 2 aromatic carbocycles. The highest BCUT2D eigenvalue weighted by Gasteiger charge is 2.14. The Labute approximate surface area is 173 Å². The molecule has 4 aromatic rings. The van der Waals surface area contributed by atoms with E-state index in [-0.39, 0.29) is 11.6 Å². The Morgan fingerprint density at radius 3 is 2.50 bits per heavy atom. The third-order valence-electron chi connectivity index (χ3n) is 5.09. The van der Waals surface area contributed by atoms with Gasteiger partial charge in [-0.2, -0.15) is 0 Å². The lowest BCUT2D eigenvalue weighted by Crippen LogP contribution is -2.09. The van der Waals surface area contributed by atoms with E-state index < -0.39 is 0 Å². The molecular formula is C23H23F2N5. The number of rotatable bonds is 6. The topological polar surface area (TPSA) is 65.6 Å². The highest BCUT2D eigenvalue weighted by atomic mass is 19.1. The van der Waals surface area contributed by atoms with Crippen molar-refractivity contribution in [1.29, 1.82) is 0 Å². The number of nitrogens with zero attached hydrogens (tertiary/aromatic N) is 2. The van der Waals surface area contributed by atoms with Gasteiger partial charge in [0.1, 0.15) is 29.1 Å². The number of anilines is 3. The van der Waals surface area contributed by atoms with Gasteiger partial charge in [0, 0.05) is 23.7 Å². The average Bonchev–Trinajstić information content (AvgIpc) is 3.04. The fourth-order valence-electron chi connectivity index (χ4n) is 3.69. The highest BCUT2D eigenvalue weighted by Crippen LogP contribution is 2.28. The molecule has 30 heavy (non-hydrogen) atoms. The Hall–Kier alpha value is -3.48. The van der Waals surface area contributed by atoms with Gasteiger partial charge < -0.3 is 15.6 Å². The van der Waals surface area contributed by atoms with E-state index in [2.05, 4.69) is 25.6 Å². The van der Waals surface area contributed by atoms with E-state index in [0.29, 0.717) is 41.6 Å². The lowest BCUT2D eigenvalue weighted by Gasteiger charge is -2.11. The maximum atomic E-state index is 14.1. The number of aromatic amines is 1. The lowest BCUT2D eigenvalue weighted by atomic mass is 10.0. The fraction of sp³-hybridized carbons (Fsp3) is 0.217. The van der Waals surface area contributed by atoms with Crippen molar-refractivity contribution < 1.29 is 8.78 Å². The van der Waals surface area contributed by atoms with E-state index in [1.54, 1.807) is 37.3 Å². The summed E-state index contributed by atoms with van der Waals surface area (Å²) < 4.78 is 28.1. The molecule has 5 nitrogen and oxygen atoms in total. The monoisotopic (exact) mass is 407 g/mol. The van der Waals surface area contributed by atoms with Crippen LogP contribution in [0.2, 0.25) is 0 Å². The second kappa shape index (κ2) is 8.10. The molecule has 2 heterocycles. The van der Waals surface area contributed by atoms with Gasteiger partial charge in [0.05, 0.1) is 11.2 Å². The Bertz CT molecular complexity index is 1220. The molecule has 0 aliphatic carbocycles. The number of fused-ring (bicyclic) bond motifs is 1. The van der Waals surface area contributed by atoms with Gasteiger partial charge in [-0.05, 0) is 56.5 Å². The van der Waals surface area contributed by atoms with Gasteiger partial charge in [-0.3, -0.25) is 0 Å². The normalized spacial score (nSPS) is 11.1. The number of hydrogen-bond acceptors (Lipinski definition) is 4. The molecule has 0 saturated heterocycles. The predicted octanol–water partition coefficient (Wildman–Crippen LogP) is 5.56. The third kappa shape index (κ3) is 3.96. The molecule has 0 saturated carbocycles.